The highest BCUT2D eigenvalue weighted by molar-refractivity contribution is 6.05. The first-order valence-electron chi connectivity index (χ1n) is 9.88. The lowest BCUT2D eigenvalue weighted by molar-refractivity contribution is -0.118. The van der Waals surface area contributed by atoms with Gasteiger partial charge < -0.3 is 19.6 Å². The van der Waals surface area contributed by atoms with Gasteiger partial charge in [0.15, 0.2) is 0 Å². The van der Waals surface area contributed by atoms with Crippen molar-refractivity contribution in [2.75, 3.05) is 0 Å². The van der Waals surface area contributed by atoms with E-state index in [1.807, 2.05) is 31.2 Å². The van der Waals surface area contributed by atoms with Crippen LogP contribution in [0, 0.1) is 6.92 Å². The fourth-order valence-electron chi connectivity index (χ4n) is 2.86. The van der Waals surface area contributed by atoms with Crippen LogP contribution in [0.2, 0.25) is 0 Å². The Bertz CT molecular complexity index is 1230. The second-order valence-corrected chi connectivity index (χ2v) is 6.95. The van der Waals surface area contributed by atoms with Crippen molar-refractivity contribution in [3.8, 4) is 11.4 Å². The van der Waals surface area contributed by atoms with Gasteiger partial charge in [-0.25, -0.2) is 0 Å². The molecular formula is C24H20N4O4. The molecule has 4 aromatic rings. The van der Waals surface area contributed by atoms with Gasteiger partial charge in [0.25, 0.3) is 11.8 Å². The van der Waals surface area contributed by atoms with Crippen molar-refractivity contribution >= 4 is 17.9 Å². The van der Waals surface area contributed by atoms with E-state index in [4.69, 9.17) is 8.94 Å². The summed E-state index contributed by atoms with van der Waals surface area (Å²) in [5.74, 6) is 0.139. The van der Waals surface area contributed by atoms with Crippen molar-refractivity contribution < 1.29 is 18.5 Å². The largest absolute Gasteiger partial charge is 0.465 e. The summed E-state index contributed by atoms with van der Waals surface area (Å²) >= 11 is 0. The van der Waals surface area contributed by atoms with Crippen LogP contribution in [0.5, 0.6) is 0 Å². The SMILES string of the molecule is Cc1ccc(-c2noc(CNC(=O)/C(=C/c3ccco3)NC(=O)c3ccccc3)n2)cc1. The molecule has 8 nitrogen and oxygen atoms in total. The number of aromatic nitrogens is 2. The Morgan fingerprint density at radius 3 is 2.50 bits per heavy atom. The quantitative estimate of drug-likeness (QED) is 0.434. The highest BCUT2D eigenvalue weighted by atomic mass is 16.5. The van der Waals surface area contributed by atoms with Gasteiger partial charge >= 0.3 is 0 Å². The van der Waals surface area contributed by atoms with E-state index in [1.54, 1.807) is 42.5 Å². The summed E-state index contributed by atoms with van der Waals surface area (Å²) in [5, 5.41) is 9.26. The molecule has 0 aliphatic carbocycles. The van der Waals surface area contributed by atoms with Gasteiger partial charge in [0, 0.05) is 17.2 Å². The number of amides is 2. The second-order valence-electron chi connectivity index (χ2n) is 6.95. The number of hydrogen-bond donors (Lipinski definition) is 2. The predicted octanol–water partition coefficient (Wildman–Crippen LogP) is 3.73. The molecule has 2 heterocycles. The van der Waals surface area contributed by atoms with E-state index in [2.05, 4.69) is 20.8 Å². The molecule has 0 fully saturated rings. The standard InChI is InChI=1S/C24H20N4O4/c1-16-9-11-17(12-10-16)22-27-21(32-28-22)15-25-24(30)20(14-19-8-5-13-31-19)26-23(29)18-6-3-2-4-7-18/h2-14H,15H2,1H3,(H,25,30)(H,26,29)/b20-14-. The lowest BCUT2D eigenvalue weighted by atomic mass is 10.1. The molecule has 0 aliphatic rings. The van der Waals surface area contributed by atoms with E-state index in [9.17, 15) is 9.59 Å². The molecule has 8 heteroatoms. The fraction of sp³-hybridized carbons (Fsp3) is 0.0833. The summed E-state index contributed by atoms with van der Waals surface area (Å²) in [4.78, 5) is 29.6. The van der Waals surface area contributed by atoms with Crippen LogP contribution in [-0.4, -0.2) is 22.0 Å². The van der Waals surface area contributed by atoms with Crippen LogP contribution in [0.3, 0.4) is 0 Å². The normalized spacial score (nSPS) is 11.2. The zero-order valence-corrected chi connectivity index (χ0v) is 17.2. The van der Waals surface area contributed by atoms with Crippen LogP contribution >= 0.6 is 0 Å². The van der Waals surface area contributed by atoms with E-state index < -0.39 is 11.8 Å². The van der Waals surface area contributed by atoms with Crippen LogP contribution in [0.15, 0.2) is 87.6 Å². The maximum Gasteiger partial charge on any atom is 0.268 e. The van der Waals surface area contributed by atoms with Gasteiger partial charge in [-0.05, 0) is 31.2 Å². The third-order valence-corrected chi connectivity index (χ3v) is 4.54. The van der Waals surface area contributed by atoms with Gasteiger partial charge in [0.2, 0.25) is 11.7 Å². The number of benzene rings is 2. The van der Waals surface area contributed by atoms with E-state index in [0.29, 0.717) is 17.1 Å². The molecule has 0 bridgehead atoms. The van der Waals surface area contributed by atoms with Gasteiger partial charge in [0.1, 0.15) is 11.5 Å². The minimum atomic E-state index is -0.527. The van der Waals surface area contributed by atoms with Crippen molar-refractivity contribution in [1.82, 2.24) is 20.8 Å². The highest BCUT2D eigenvalue weighted by Gasteiger charge is 2.17. The Morgan fingerprint density at radius 2 is 1.78 bits per heavy atom. The second kappa shape index (κ2) is 9.57. The average Bonchev–Trinajstić information content (AvgIpc) is 3.50. The van der Waals surface area contributed by atoms with Crippen LogP contribution in [0.1, 0.15) is 27.6 Å². The first-order chi connectivity index (χ1) is 15.6. The van der Waals surface area contributed by atoms with E-state index in [-0.39, 0.29) is 18.1 Å². The van der Waals surface area contributed by atoms with E-state index in [1.165, 1.54) is 12.3 Å². The Kier molecular flexibility index (Phi) is 6.22. The molecule has 4 rings (SSSR count). The third-order valence-electron chi connectivity index (χ3n) is 4.54. The molecule has 0 saturated heterocycles. The van der Waals surface area contributed by atoms with Crippen LogP contribution in [-0.2, 0) is 11.3 Å². The minimum absolute atomic E-state index is 0.00556. The monoisotopic (exact) mass is 428 g/mol. The van der Waals surface area contributed by atoms with Crippen molar-refractivity contribution in [3.05, 3.63) is 101 Å². The molecule has 2 aromatic heterocycles. The summed E-state index contributed by atoms with van der Waals surface area (Å²) < 4.78 is 10.5. The molecule has 2 amide bonds. The average molecular weight is 428 g/mol. The Balaban J connectivity index is 1.46. The maximum absolute atomic E-state index is 12.8. The van der Waals surface area contributed by atoms with Gasteiger partial charge in [-0.3, -0.25) is 9.59 Å². The number of nitrogens with zero attached hydrogens (tertiary/aromatic N) is 2. The first-order valence-corrected chi connectivity index (χ1v) is 9.88. The Labute approximate surface area is 184 Å². The fourth-order valence-corrected chi connectivity index (χ4v) is 2.86. The van der Waals surface area contributed by atoms with Gasteiger partial charge in [-0.15, -0.1) is 0 Å². The first kappa shape index (κ1) is 20.8. The lowest BCUT2D eigenvalue weighted by Gasteiger charge is -2.09. The molecule has 0 atom stereocenters. The number of carbonyl (C=O) groups excluding carboxylic acids is 2. The number of rotatable bonds is 7. The van der Waals surface area contributed by atoms with E-state index in [0.717, 1.165) is 11.1 Å². The van der Waals surface area contributed by atoms with Crippen LogP contribution < -0.4 is 10.6 Å². The summed E-state index contributed by atoms with van der Waals surface area (Å²) in [5.41, 5.74) is 2.38. The van der Waals surface area contributed by atoms with Gasteiger partial charge in [-0.2, -0.15) is 4.98 Å². The number of aryl methyl sites for hydroxylation is 1. The third kappa shape index (κ3) is 5.17. The zero-order valence-electron chi connectivity index (χ0n) is 17.2. The molecule has 0 aliphatic heterocycles. The molecule has 2 aromatic carbocycles. The molecule has 0 spiro atoms. The van der Waals surface area contributed by atoms with Gasteiger partial charge in [0.05, 0.1) is 12.8 Å². The summed E-state index contributed by atoms with van der Waals surface area (Å²) in [6, 6.07) is 19.7. The molecule has 0 radical (unpaired) electrons. The smallest absolute Gasteiger partial charge is 0.268 e. The number of furan rings is 1. The topological polar surface area (TPSA) is 110 Å². The maximum atomic E-state index is 12.8. The lowest BCUT2D eigenvalue weighted by Crippen LogP contribution is -2.34. The molecule has 0 saturated carbocycles. The summed E-state index contributed by atoms with van der Waals surface area (Å²) in [6.07, 6.45) is 2.92. The van der Waals surface area contributed by atoms with Crippen molar-refractivity contribution in [1.29, 1.82) is 0 Å². The highest BCUT2D eigenvalue weighted by Crippen LogP contribution is 2.16. The minimum Gasteiger partial charge on any atom is -0.465 e. The zero-order chi connectivity index (χ0) is 22.3. The molecule has 2 N–H and O–H groups in total. The number of hydrogen-bond acceptors (Lipinski definition) is 6. The van der Waals surface area contributed by atoms with Crippen molar-refractivity contribution in [2.45, 2.75) is 13.5 Å². The van der Waals surface area contributed by atoms with E-state index >= 15 is 0 Å². The predicted molar refractivity (Wildman–Crippen MR) is 117 cm³/mol. The van der Waals surface area contributed by atoms with Gasteiger partial charge in [-0.1, -0.05) is 53.2 Å². The molecular weight excluding hydrogens is 408 g/mol. The summed E-state index contributed by atoms with van der Waals surface area (Å²) in [7, 11) is 0. The molecule has 0 unspecified atom stereocenters. The van der Waals surface area contributed by atoms with Crippen LogP contribution in [0.25, 0.3) is 17.5 Å². The number of nitrogens with one attached hydrogen (secondary N) is 2. The van der Waals surface area contributed by atoms with Crippen molar-refractivity contribution in [3.63, 3.8) is 0 Å². The van der Waals surface area contributed by atoms with Crippen molar-refractivity contribution in [2.24, 2.45) is 0 Å². The Hall–Kier alpha value is -4.46. The molecule has 32 heavy (non-hydrogen) atoms. The number of carbonyl (C=O) groups is 2. The molecule has 160 valence electrons. The Morgan fingerprint density at radius 1 is 1.00 bits per heavy atom. The summed E-state index contributed by atoms with van der Waals surface area (Å²) in [6.45, 7) is 1.99. The van der Waals surface area contributed by atoms with Crippen LogP contribution in [0.4, 0.5) is 0 Å².